The molecule has 0 fully saturated rings. The minimum atomic E-state index is -0.509. The van der Waals surface area contributed by atoms with Crippen LogP contribution in [0.4, 0.5) is 10.4 Å². The van der Waals surface area contributed by atoms with Crippen LogP contribution in [0, 0.1) is 0 Å². The van der Waals surface area contributed by atoms with Crippen molar-refractivity contribution in [2.75, 3.05) is 25.1 Å². The van der Waals surface area contributed by atoms with E-state index in [-0.39, 0.29) is 35.4 Å². The van der Waals surface area contributed by atoms with E-state index in [4.69, 9.17) is 9.84 Å². The minimum absolute atomic E-state index is 0.0272. The van der Waals surface area contributed by atoms with Gasteiger partial charge in [0.05, 0.1) is 12.9 Å². The van der Waals surface area contributed by atoms with Gasteiger partial charge < -0.3 is 14.8 Å². The number of aliphatic hydroxyl groups excluding tert-OH is 1. The van der Waals surface area contributed by atoms with Crippen molar-refractivity contribution < 1.29 is 14.3 Å². The topological polar surface area (TPSA) is 107 Å². The number of H-pyrrole nitrogens is 2. The lowest BCUT2D eigenvalue weighted by atomic mass is 10.5. The van der Waals surface area contributed by atoms with Gasteiger partial charge in [-0.15, -0.1) is 0 Å². The van der Waals surface area contributed by atoms with Crippen molar-refractivity contribution in [3.05, 3.63) is 16.7 Å². The zero-order chi connectivity index (χ0) is 13.0. The number of fused-ring (bicyclic) bond motifs is 1. The Morgan fingerprint density at radius 2 is 2.39 bits per heavy atom. The average Bonchev–Trinajstić information content (AvgIpc) is 2.83. The van der Waals surface area contributed by atoms with Gasteiger partial charge in [-0.05, 0) is 6.42 Å². The van der Waals surface area contributed by atoms with Crippen molar-refractivity contribution in [1.82, 2.24) is 19.9 Å². The number of anilines is 1. The van der Waals surface area contributed by atoms with Crippen LogP contribution < -0.4 is 10.7 Å². The first kappa shape index (κ1) is 12.5. The number of nitrogens with one attached hydrogen (secondary N) is 2. The van der Waals surface area contributed by atoms with Gasteiger partial charge in [-0.3, -0.25) is 9.78 Å². The maximum Gasteiger partial charge on any atom is 0.278 e. The fourth-order valence-corrected chi connectivity index (χ4v) is 1.32. The summed E-state index contributed by atoms with van der Waals surface area (Å²) in [5, 5.41) is 8.68. The summed E-state index contributed by atoms with van der Waals surface area (Å²) in [5.74, 6) is -0.274. The highest BCUT2D eigenvalue weighted by Crippen LogP contribution is 2.08. The third-order valence-corrected chi connectivity index (χ3v) is 2.16. The maximum atomic E-state index is 13.6. The number of rotatable bonds is 6. The summed E-state index contributed by atoms with van der Waals surface area (Å²) in [6, 6.07) is 0. The molecule has 0 spiro atoms. The molecule has 2 rings (SSSR count). The van der Waals surface area contributed by atoms with Crippen LogP contribution in [0.5, 0.6) is 0 Å². The molecule has 0 saturated carbocycles. The second-order valence-corrected chi connectivity index (χ2v) is 3.47. The van der Waals surface area contributed by atoms with Gasteiger partial charge in [-0.25, -0.2) is 4.98 Å². The molecular weight excluding hydrogens is 245 g/mol. The van der Waals surface area contributed by atoms with Crippen molar-refractivity contribution in [2.24, 2.45) is 0 Å². The SMILES string of the molecule is O=c1[nH]c(N(F)COCCCO)nc2nc[nH]c12. The van der Waals surface area contributed by atoms with Crippen LogP contribution in [-0.2, 0) is 4.74 Å². The molecule has 2 aromatic rings. The number of aromatic amines is 2. The highest BCUT2D eigenvalue weighted by atomic mass is 19.2. The van der Waals surface area contributed by atoms with Crippen LogP contribution in [0.25, 0.3) is 11.2 Å². The fourth-order valence-electron chi connectivity index (χ4n) is 1.32. The van der Waals surface area contributed by atoms with Crippen LogP contribution in [0.2, 0.25) is 0 Å². The van der Waals surface area contributed by atoms with Crippen LogP contribution in [0.15, 0.2) is 11.1 Å². The van der Waals surface area contributed by atoms with E-state index in [0.29, 0.717) is 6.42 Å². The molecule has 0 unspecified atom stereocenters. The third-order valence-electron chi connectivity index (χ3n) is 2.16. The lowest BCUT2D eigenvalue weighted by molar-refractivity contribution is 0.0909. The van der Waals surface area contributed by atoms with Gasteiger partial charge in [-0.1, -0.05) is 4.48 Å². The molecule has 2 heterocycles. The molecule has 0 aliphatic carbocycles. The highest BCUT2D eigenvalue weighted by Gasteiger charge is 2.12. The molecule has 8 nitrogen and oxygen atoms in total. The molecular formula is C9H12FN5O3. The van der Waals surface area contributed by atoms with Crippen LogP contribution in [0.1, 0.15) is 6.42 Å². The predicted molar refractivity (Wildman–Crippen MR) is 60.6 cm³/mol. The molecule has 0 radical (unpaired) electrons. The van der Waals surface area contributed by atoms with E-state index in [9.17, 15) is 9.28 Å². The maximum absolute atomic E-state index is 13.6. The molecule has 0 atom stereocenters. The van der Waals surface area contributed by atoms with Crippen LogP contribution in [-0.4, -0.2) is 45.0 Å². The number of nitrogens with zero attached hydrogens (tertiary/aromatic N) is 3. The van der Waals surface area contributed by atoms with Gasteiger partial charge in [-0.2, -0.15) is 10.1 Å². The fraction of sp³-hybridized carbons (Fsp3) is 0.444. The largest absolute Gasteiger partial charge is 0.396 e. The molecule has 0 amide bonds. The number of aromatic nitrogens is 4. The predicted octanol–water partition coefficient (Wildman–Crippen LogP) is -0.306. The third kappa shape index (κ3) is 2.63. The zero-order valence-electron chi connectivity index (χ0n) is 9.39. The van der Waals surface area contributed by atoms with Crippen molar-refractivity contribution in [2.45, 2.75) is 6.42 Å². The van der Waals surface area contributed by atoms with E-state index in [2.05, 4.69) is 19.9 Å². The summed E-state index contributed by atoms with van der Waals surface area (Å²) in [4.78, 5) is 24.0. The van der Waals surface area contributed by atoms with Crippen molar-refractivity contribution in [1.29, 1.82) is 0 Å². The molecule has 2 aromatic heterocycles. The minimum Gasteiger partial charge on any atom is -0.396 e. The summed E-state index contributed by atoms with van der Waals surface area (Å²) in [6.07, 6.45) is 1.72. The van der Waals surface area contributed by atoms with Gasteiger partial charge in [0.15, 0.2) is 17.9 Å². The lowest BCUT2D eigenvalue weighted by Crippen LogP contribution is -2.22. The van der Waals surface area contributed by atoms with E-state index in [1.165, 1.54) is 6.33 Å². The molecule has 0 aliphatic rings. The van der Waals surface area contributed by atoms with Crippen LogP contribution in [0.3, 0.4) is 0 Å². The highest BCUT2D eigenvalue weighted by molar-refractivity contribution is 5.69. The van der Waals surface area contributed by atoms with E-state index < -0.39 is 12.3 Å². The molecule has 0 aromatic carbocycles. The van der Waals surface area contributed by atoms with Gasteiger partial charge in [0.1, 0.15) is 0 Å². The van der Waals surface area contributed by atoms with Gasteiger partial charge in [0, 0.05) is 6.61 Å². The Bertz CT molecular complexity index is 569. The number of hydrogen-bond donors (Lipinski definition) is 3. The Hall–Kier alpha value is -2.00. The standard InChI is InChI=1S/C9H12FN5O3/c10-15(5-18-3-1-2-16)9-13-7-6(8(17)14-9)11-4-12-7/h4,16H,1-3,5H2,(H2,11,12,13,14,17). The van der Waals surface area contributed by atoms with E-state index in [0.717, 1.165) is 0 Å². The molecule has 18 heavy (non-hydrogen) atoms. The Morgan fingerprint density at radius 3 is 3.17 bits per heavy atom. The molecule has 9 heteroatoms. The number of aliphatic hydroxyl groups is 1. The second kappa shape index (κ2) is 5.56. The second-order valence-electron chi connectivity index (χ2n) is 3.47. The summed E-state index contributed by atoms with van der Waals surface area (Å²) < 4.78 is 18.5. The molecule has 0 saturated heterocycles. The summed E-state index contributed by atoms with van der Waals surface area (Å²) in [5.41, 5.74) is -0.189. The van der Waals surface area contributed by atoms with E-state index in [1.54, 1.807) is 0 Å². The van der Waals surface area contributed by atoms with Gasteiger partial charge in [0.25, 0.3) is 5.56 Å². The quantitative estimate of drug-likeness (QED) is 0.372. The molecule has 0 aliphatic heterocycles. The Morgan fingerprint density at radius 1 is 1.56 bits per heavy atom. The van der Waals surface area contributed by atoms with Crippen LogP contribution >= 0.6 is 0 Å². The number of hydrogen-bond acceptors (Lipinski definition) is 6. The Kier molecular flexibility index (Phi) is 3.85. The van der Waals surface area contributed by atoms with Gasteiger partial charge >= 0.3 is 0 Å². The first-order valence-electron chi connectivity index (χ1n) is 5.27. The number of imidazole rings is 1. The van der Waals surface area contributed by atoms with E-state index >= 15 is 0 Å². The lowest BCUT2D eigenvalue weighted by Gasteiger charge is -2.11. The summed E-state index contributed by atoms with van der Waals surface area (Å²) in [6.45, 7) is -0.203. The van der Waals surface area contributed by atoms with Crippen molar-refractivity contribution >= 4 is 17.1 Å². The van der Waals surface area contributed by atoms with Crippen molar-refractivity contribution in [3.63, 3.8) is 0 Å². The Balaban J connectivity index is 2.08. The normalized spacial score (nSPS) is 11.0. The van der Waals surface area contributed by atoms with Crippen molar-refractivity contribution in [3.8, 4) is 0 Å². The first-order valence-corrected chi connectivity index (χ1v) is 5.27. The number of halogens is 1. The smallest absolute Gasteiger partial charge is 0.278 e. The molecule has 3 N–H and O–H groups in total. The zero-order valence-corrected chi connectivity index (χ0v) is 9.39. The summed E-state index contributed by atoms with van der Waals surface area (Å²) in [7, 11) is 0. The molecule has 0 bridgehead atoms. The average molecular weight is 257 g/mol. The Labute approximate surface area is 100 Å². The monoisotopic (exact) mass is 257 g/mol. The van der Waals surface area contributed by atoms with Gasteiger partial charge in [0.2, 0.25) is 5.95 Å². The first-order chi connectivity index (χ1) is 8.72. The number of ether oxygens (including phenoxy) is 1. The molecule has 98 valence electrons. The van der Waals surface area contributed by atoms with E-state index in [1.807, 2.05) is 0 Å². The summed E-state index contributed by atoms with van der Waals surface area (Å²) >= 11 is 0.